The molecule has 3 aromatic rings. The van der Waals surface area contributed by atoms with Gasteiger partial charge in [0.2, 0.25) is 0 Å². The van der Waals surface area contributed by atoms with Crippen molar-refractivity contribution < 1.29 is 14.6 Å². The Balaban J connectivity index is 1.26. The number of fused-ring (bicyclic) bond motifs is 2. The third kappa shape index (κ3) is 4.51. The molecule has 1 aliphatic heterocycles. The van der Waals surface area contributed by atoms with E-state index in [0.717, 1.165) is 49.5 Å². The molecule has 3 aromatic carbocycles. The van der Waals surface area contributed by atoms with Gasteiger partial charge in [-0.05, 0) is 115 Å². The van der Waals surface area contributed by atoms with E-state index in [2.05, 4.69) is 47.4 Å². The molecule has 1 saturated heterocycles. The van der Waals surface area contributed by atoms with Crippen molar-refractivity contribution in [2.75, 3.05) is 33.4 Å². The van der Waals surface area contributed by atoms with Crippen LogP contribution in [0.25, 0.3) is 11.6 Å². The number of ether oxygens (including phenoxy) is 2. The van der Waals surface area contributed by atoms with Crippen molar-refractivity contribution in [3.05, 3.63) is 88.5 Å². The van der Waals surface area contributed by atoms with Crippen LogP contribution in [0, 0.1) is 5.41 Å². The number of rotatable bonds is 6. The first-order chi connectivity index (χ1) is 17.6. The van der Waals surface area contributed by atoms with Gasteiger partial charge in [0.25, 0.3) is 0 Å². The molecule has 0 saturated carbocycles. The molecule has 0 amide bonds. The van der Waals surface area contributed by atoms with Crippen molar-refractivity contribution in [1.29, 1.82) is 0 Å². The molecule has 1 spiro atoms. The highest BCUT2D eigenvalue weighted by molar-refractivity contribution is 5.90. The highest BCUT2D eigenvalue weighted by Gasteiger charge is 2.46. The molecule has 1 unspecified atom stereocenters. The summed E-state index contributed by atoms with van der Waals surface area (Å²) >= 11 is 0. The number of nitrogens with zero attached hydrogens (tertiary/aromatic N) is 1. The topological polar surface area (TPSA) is 41.9 Å². The molecule has 0 aromatic heterocycles. The second kappa shape index (κ2) is 9.67. The van der Waals surface area contributed by atoms with Gasteiger partial charge in [-0.2, -0.15) is 0 Å². The Hall–Kier alpha value is -3.24. The SMILES string of the molecule is COc1cccc(C=C2c3ccc(O)cc3CC23Cc2ccc(OCCN4CCCCC4)cc2C3)c1. The van der Waals surface area contributed by atoms with E-state index in [-0.39, 0.29) is 5.41 Å². The lowest BCUT2D eigenvalue weighted by molar-refractivity contribution is 0.183. The molecule has 2 aliphatic carbocycles. The van der Waals surface area contributed by atoms with Crippen molar-refractivity contribution >= 4 is 11.6 Å². The quantitative estimate of drug-likeness (QED) is 0.459. The molecule has 186 valence electrons. The van der Waals surface area contributed by atoms with Crippen LogP contribution >= 0.6 is 0 Å². The zero-order valence-electron chi connectivity index (χ0n) is 21.1. The average molecular weight is 482 g/mol. The third-order valence-corrected chi connectivity index (χ3v) is 8.24. The highest BCUT2D eigenvalue weighted by atomic mass is 16.5. The first kappa shape index (κ1) is 23.2. The van der Waals surface area contributed by atoms with Gasteiger partial charge >= 0.3 is 0 Å². The van der Waals surface area contributed by atoms with E-state index < -0.39 is 0 Å². The van der Waals surface area contributed by atoms with Crippen molar-refractivity contribution in [2.45, 2.75) is 38.5 Å². The predicted octanol–water partition coefficient (Wildman–Crippen LogP) is 6.15. The minimum atomic E-state index is -0.00599. The molecule has 36 heavy (non-hydrogen) atoms. The number of methoxy groups -OCH3 is 1. The monoisotopic (exact) mass is 481 g/mol. The lowest BCUT2D eigenvalue weighted by Crippen LogP contribution is -2.33. The Morgan fingerprint density at radius 1 is 0.861 bits per heavy atom. The average Bonchev–Trinajstić information content (AvgIpc) is 3.40. The number of piperidine rings is 1. The van der Waals surface area contributed by atoms with E-state index in [9.17, 15) is 5.11 Å². The molecule has 1 atom stereocenters. The van der Waals surface area contributed by atoms with E-state index >= 15 is 0 Å². The molecular formula is C32H35NO3. The predicted molar refractivity (Wildman–Crippen MR) is 145 cm³/mol. The van der Waals surface area contributed by atoms with Crippen LogP contribution in [0.15, 0.2) is 60.7 Å². The van der Waals surface area contributed by atoms with Crippen molar-refractivity contribution in [1.82, 2.24) is 4.90 Å². The zero-order chi connectivity index (χ0) is 24.5. The highest BCUT2D eigenvalue weighted by Crippen LogP contribution is 2.55. The number of likely N-dealkylation sites (tertiary alicyclic amines) is 1. The fourth-order valence-electron chi connectivity index (χ4n) is 6.48. The first-order valence-corrected chi connectivity index (χ1v) is 13.3. The van der Waals surface area contributed by atoms with Crippen LogP contribution in [0.5, 0.6) is 17.2 Å². The molecule has 6 rings (SSSR count). The van der Waals surface area contributed by atoms with Crippen LogP contribution in [0.3, 0.4) is 0 Å². The Morgan fingerprint density at radius 3 is 2.56 bits per heavy atom. The summed E-state index contributed by atoms with van der Waals surface area (Å²) in [6.45, 7) is 4.16. The first-order valence-electron chi connectivity index (χ1n) is 13.3. The summed E-state index contributed by atoms with van der Waals surface area (Å²) in [5.74, 6) is 2.18. The van der Waals surface area contributed by atoms with Crippen molar-refractivity contribution in [2.24, 2.45) is 5.41 Å². The van der Waals surface area contributed by atoms with Crippen LogP contribution in [0.4, 0.5) is 0 Å². The minimum Gasteiger partial charge on any atom is -0.508 e. The van der Waals surface area contributed by atoms with Crippen molar-refractivity contribution in [3.8, 4) is 17.2 Å². The molecule has 1 N–H and O–H groups in total. The van der Waals surface area contributed by atoms with Crippen LogP contribution in [-0.2, 0) is 19.3 Å². The lowest BCUT2D eigenvalue weighted by atomic mass is 9.77. The van der Waals surface area contributed by atoms with E-state index in [1.165, 1.54) is 60.2 Å². The summed E-state index contributed by atoms with van der Waals surface area (Å²) < 4.78 is 11.7. The summed E-state index contributed by atoms with van der Waals surface area (Å²) in [5.41, 5.74) is 7.77. The summed E-state index contributed by atoms with van der Waals surface area (Å²) in [4.78, 5) is 2.52. The molecule has 3 aliphatic rings. The molecule has 4 nitrogen and oxygen atoms in total. The van der Waals surface area contributed by atoms with Gasteiger partial charge in [-0.1, -0.05) is 36.8 Å². The molecule has 0 bridgehead atoms. The largest absolute Gasteiger partial charge is 0.508 e. The molecule has 4 heteroatoms. The van der Waals surface area contributed by atoms with Gasteiger partial charge in [-0.3, -0.25) is 4.90 Å². The van der Waals surface area contributed by atoms with Gasteiger partial charge in [-0.15, -0.1) is 0 Å². The minimum absolute atomic E-state index is 0.00599. The van der Waals surface area contributed by atoms with Gasteiger partial charge < -0.3 is 14.6 Å². The summed E-state index contributed by atoms with van der Waals surface area (Å²) in [7, 11) is 1.71. The van der Waals surface area contributed by atoms with E-state index in [1.54, 1.807) is 7.11 Å². The Kier molecular flexibility index (Phi) is 6.22. The summed E-state index contributed by atoms with van der Waals surface area (Å²) in [5, 5.41) is 10.2. The Bertz CT molecular complexity index is 1290. The Morgan fingerprint density at radius 2 is 1.69 bits per heavy atom. The van der Waals surface area contributed by atoms with Gasteiger partial charge in [0.15, 0.2) is 0 Å². The van der Waals surface area contributed by atoms with Crippen LogP contribution in [0.1, 0.15) is 47.1 Å². The van der Waals surface area contributed by atoms with Crippen LogP contribution in [0.2, 0.25) is 0 Å². The van der Waals surface area contributed by atoms with Gasteiger partial charge in [0.05, 0.1) is 7.11 Å². The van der Waals surface area contributed by atoms with E-state index in [1.807, 2.05) is 24.3 Å². The number of benzene rings is 3. The van der Waals surface area contributed by atoms with Gasteiger partial charge in [-0.25, -0.2) is 0 Å². The molecule has 1 heterocycles. The zero-order valence-corrected chi connectivity index (χ0v) is 21.1. The number of phenols is 1. The number of allylic oxidation sites excluding steroid dienone is 1. The second-order valence-electron chi connectivity index (χ2n) is 10.7. The number of phenolic OH excluding ortho intramolecular Hbond substituents is 1. The number of hydrogen-bond donors (Lipinski definition) is 1. The van der Waals surface area contributed by atoms with Crippen molar-refractivity contribution in [3.63, 3.8) is 0 Å². The number of aromatic hydroxyl groups is 1. The molecular weight excluding hydrogens is 446 g/mol. The fraction of sp³-hybridized carbons (Fsp3) is 0.375. The Labute approximate surface area is 214 Å². The maximum absolute atomic E-state index is 10.2. The normalized spacial score (nSPS) is 22.1. The second-order valence-corrected chi connectivity index (χ2v) is 10.7. The maximum Gasteiger partial charge on any atom is 0.119 e. The smallest absolute Gasteiger partial charge is 0.119 e. The fourth-order valence-corrected chi connectivity index (χ4v) is 6.48. The molecule has 1 fully saturated rings. The molecule has 0 radical (unpaired) electrons. The van der Waals surface area contributed by atoms with Gasteiger partial charge in [0, 0.05) is 12.0 Å². The summed E-state index contributed by atoms with van der Waals surface area (Å²) in [6.07, 6.45) is 9.24. The van der Waals surface area contributed by atoms with Crippen LogP contribution < -0.4 is 9.47 Å². The van der Waals surface area contributed by atoms with E-state index in [4.69, 9.17) is 9.47 Å². The summed E-state index contributed by atoms with van der Waals surface area (Å²) in [6, 6.07) is 20.8. The van der Waals surface area contributed by atoms with Crippen LogP contribution in [-0.4, -0.2) is 43.4 Å². The van der Waals surface area contributed by atoms with E-state index in [0.29, 0.717) is 5.75 Å². The maximum atomic E-state index is 10.2. The lowest BCUT2D eigenvalue weighted by Gasteiger charge is -2.26. The number of hydrogen-bond acceptors (Lipinski definition) is 4. The standard InChI is InChI=1S/C32H35NO3/c1-35-28-7-5-6-23(16-28)17-31-30-11-9-27(34)18-26(30)22-32(31)20-24-8-10-29(19-25(24)21-32)36-15-14-33-12-3-2-4-13-33/h5-11,16-19,34H,2-4,12-15,20-22H2,1H3. The third-order valence-electron chi connectivity index (χ3n) is 8.24. The van der Waals surface area contributed by atoms with Gasteiger partial charge in [0.1, 0.15) is 23.9 Å².